The third-order valence-corrected chi connectivity index (χ3v) is 3.99. The van der Waals surface area contributed by atoms with Gasteiger partial charge in [0.1, 0.15) is 0 Å². The number of nitrogens with one attached hydrogen (secondary N) is 1. The monoisotopic (exact) mass is 335 g/mol. The number of rotatable bonds is 3. The van der Waals surface area contributed by atoms with Gasteiger partial charge < -0.3 is 5.32 Å². The van der Waals surface area contributed by atoms with E-state index in [0.29, 0.717) is 10.0 Å². The molecule has 0 heterocycles. The van der Waals surface area contributed by atoms with E-state index in [9.17, 15) is 4.79 Å². The number of halogens is 2. The van der Waals surface area contributed by atoms with Crippen LogP contribution >= 0.6 is 23.2 Å². The van der Waals surface area contributed by atoms with Crippen molar-refractivity contribution in [2.24, 2.45) is 0 Å². The van der Waals surface area contributed by atoms with Crippen LogP contribution in [0.1, 0.15) is 31.9 Å². The van der Waals surface area contributed by atoms with Crippen molar-refractivity contribution < 1.29 is 4.79 Å². The van der Waals surface area contributed by atoms with Gasteiger partial charge in [-0.2, -0.15) is 0 Å². The van der Waals surface area contributed by atoms with Crippen molar-refractivity contribution in [1.82, 2.24) is 0 Å². The molecule has 0 bridgehead atoms. The summed E-state index contributed by atoms with van der Waals surface area (Å²) in [6.07, 6.45) is 0.219. The molecule has 0 aliphatic carbocycles. The van der Waals surface area contributed by atoms with Gasteiger partial charge in [-0.15, -0.1) is 0 Å². The van der Waals surface area contributed by atoms with Crippen molar-refractivity contribution in [2.75, 3.05) is 5.32 Å². The molecule has 2 rings (SSSR count). The maximum atomic E-state index is 12.1. The van der Waals surface area contributed by atoms with Gasteiger partial charge in [0.15, 0.2) is 0 Å². The van der Waals surface area contributed by atoms with E-state index in [1.165, 1.54) is 5.56 Å². The molecule has 0 radical (unpaired) electrons. The SMILES string of the molecule is CC(C)(C)c1ccc(NC(=O)Cc2ccc(Cl)cc2Cl)cc1. The molecular formula is C18H19Cl2NO. The summed E-state index contributed by atoms with van der Waals surface area (Å²) in [6, 6.07) is 13.0. The Hall–Kier alpha value is -1.51. The lowest BCUT2D eigenvalue weighted by atomic mass is 9.87. The van der Waals surface area contributed by atoms with Crippen molar-refractivity contribution in [1.29, 1.82) is 0 Å². The summed E-state index contributed by atoms with van der Waals surface area (Å²) in [7, 11) is 0. The van der Waals surface area contributed by atoms with E-state index in [-0.39, 0.29) is 17.7 Å². The molecule has 116 valence electrons. The number of hydrogen-bond donors (Lipinski definition) is 1. The third-order valence-electron chi connectivity index (χ3n) is 3.40. The molecule has 2 aromatic rings. The smallest absolute Gasteiger partial charge is 0.228 e. The van der Waals surface area contributed by atoms with Crippen molar-refractivity contribution >= 4 is 34.8 Å². The molecule has 0 spiro atoms. The first-order valence-electron chi connectivity index (χ1n) is 7.10. The number of anilines is 1. The lowest BCUT2D eigenvalue weighted by Gasteiger charge is -2.19. The second kappa shape index (κ2) is 6.72. The molecule has 0 aliphatic rings. The third kappa shape index (κ3) is 4.49. The quantitative estimate of drug-likeness (QED) is 0.791. The lowest BCUT2D eigenvalue weighted by molar-refractivity contribution is -0.115. The molecular weight excluding hydrogens is 317 g/mol. The largest absolute Gasteiger partial charge is 0.326 e. The zero-order valence-electron chi connectivity index (χ0n) is 12.9. The normalized spacial score (nSPS) is 11.3. The van der Waals surface area contributed by atoms with Gasteiger partial charge in [0.2, 0.25) is 5.91 Å². The molecule has 0 aliphatic heterocycles. The van der Waals surface area contributed by atoms with Crippen LogP contribution in [0.4, 0.5) is 5.69 Å². The topological polar surface area (TPSA) is 29.1 Å². The zero-order valence-corrected chi connectivity index (χ0v) is 14.4. The van der Waals surface area contributed by atoms with Crippen LogP contribution in [0.25, 0.3) is 0 Å². The van der Waals surface area contributed by atoms with E-state index >= 15 is 0 Å². The van der Waals surface area contributed by atoms with Gasteiger partial charge in [-0.3, -0.25) is 4.79 Å². The Morgan fingerprint density at radius 1 is 1.05 bits per heavy atom. The van der Waals surface area contributed by atoms with Gasteiger partial charge in [0, 0.05) is 15.7 Å². The molecule has 2 aromatic carbocycles. The molecule has 2 nitrogen and oxygen atoms in total. The van der Waals surface area contributed by atoms with E-state index < -0.39 is 0 Å². The fraction of sp³-hybridized carbons (Fsp3) is 0.278. The Labute approximate surface area is 141 Å². The van der Waals surface area contributed by atoms with Crippen LogP contribution in [0, 0.1) is 0 Å². The van der Waals surface area contributed by atoms with Gasteiger partial charge in [-0.05, 0) is 40.8 Å². The summed E-state index contributed by atoms with van der Waals surface area (Å²) < 4.78 is 0. The molecule has 0 saturated heterocycles. The molecule has 0 fully saturated rings. The van der Waals surface area contributed by atoms with Crippen molar-refractivity contribution in [2.45, 2.75) is 32.6 Å². The first-order valence-corrected chi connectivity index (χ1v) is 7.85. The minimum Gasteiger partial charge on any atom is -0.326 e. The summed E-state index contributed by atoms with van der Waals surface area (Å²) >= 11 is 11.9. The zero-order chi connectivity index (χ0) is 16.3. The van der Waals surface area contributed by atoms with Crippen LogP contribution in [0.2, 0.25) is 10.0 Å². The number of carbonyl (C=O) groups is 1. The highest BCUT2D eigenvalue weighted by Crippen LogP contribution is 2.24. The average Bonchev–Trinajstić information content (AvgIpc) is 2.41. The standard InChI is InChI=1S/C18H19Cl2NO/c1-18(2,3)13-5-8-15(9-6-13)21-17(22)10-12-4-7-14(19)11-16(12)20/h4-9,11H,10H2,1-3H3,(H,21,22). The Morgan fingerprint density at radius 2 is 1.68 bits per heavy atom. The highest BCUT2D eigenvalue weighted by molar-refractivity contribution is 6.35. The van der Waals surface area contributed by atoms with Gasteiger partial charge >= 0.3 is 0 Å². The van der Waals surface area contributed by atoms with E-state index in [2.05, 4.69) is 26.1 Å². The van der Waals surface area contributed by atoms with Crippen molar-refractivity contribution in [3.05, 3.63) is 63.6 Å². The Bertz CT molecular complexity index is 672. The van der Waals surface area contributed by atoms with Crippen molar-refractivity contribution in [3.63, 3.8) is 0 Å². The van der Waals surface area contributed by atoms with E-state index in [1.54, 1.807) is 18.2 Å². The fourth-order valence-electron chi connectivity index (χ4n) is 2.10. The molecule has 1 amide bonds. The molecule has 4 heteroatoms. The highest BCUT2D eigenvalue weighted by Gasteiger charge is 2.13. The minimum atomic E-state index is -0.104. The summed E-state index contributed by atoms with van der Waals surface area (Å²) in [5.41, 5.74) is 2.86. The second-order valence-corrected chi connectivity index (χ2v) is 7.13. The summed E-state index contributed by atoms with van der Waals surface area (Å²) in [6.45, 7) is 6.47. The van der Waals surface area contributed by atoms with Crippen molar-refractivity contribution in [3.8, 4) is 0 Å². The van der Waals surface area contributed by atoms with E-state index in [1.807, 2.05) is 24.3 Å². The van der Waals surface area contributed by atoms with Crippen LogP contribution in [-0.2, 0) is 16.6 Å². The highest BCUT2D eigenvalue weighted by atomic mass is 35.5. The molecule has 0 atom stereocenters. The van der Waals surface area contributed by atoms with E-state index in [0.717, 1.165) is 11.3 Å². The summed E-state index contributed by atoms with van der Waals surface area (Å²) in [5.74, 6) is -0.104. The first-order chi connectivity index (χ1) is 10.3. The Kier molecular flexibility index (Phi) is 5.15. The molecule has 22 heavy (non-hydrogen) atoms. The first kappa shape index (κ1) is 16.9. The predicted octanol–water partition coefficient (Wildman–Crippen LogP) is 5.47. The van der Waals surface area contributed by atoms with Gasteiger partial charge in [0.25, 0.3) is 0 Å². The maximum absolute atomic E-state index is 12.1. The lowest BCUT2D eigenvalue weighted by Crippen LogP contribution is -2.15. The van der Waals surface area contributed by atoms with Crippen LogP contribution in [0.3, 0.4) is 0 Å². The fourth-order valence-corrected chi connectivity index (χ4v) is 2.57. The van der Waals surface area contributed by atoms with Crippen LogP contribution in [-0.4, -0.2) is 5.91 Å². The Morgan fingerprint density at radius 3 is 2.23 bits per heavy atom. The van der Waals surface area contributed by atoms with Crippen LogP contribution < -0.4 is 5.32 Å². The summed E-state index contributed by atoms with van der Waals surface area (Å²) in [4.78, 5) is 12.1. The number of amides is 1. The van der Waals surface area contributed by atoms with Gasteiger partial charge in [-0.1, -0.05) is 62.2 Å². The maximum Gasteiger partial charge on any atom is 0.228 e. The predicted molar refractivity (Wildman–Crippen MR) is 93.9 cm³/mol. The van der Waals surface area contributed by atoms with Crippen LogP contribution in [0.5, 0.6) is 0 Å². The Balaban J connectivity index is 2.03. The summed E-state index contributed by atoms with van der Waals surface area (Å²) in [5, 5.41) is 3.95. The van der Waals surface area contributed by atoms with Gasteiger partial charge in [-0.25, -0.2) is 0 Å². The second-order valence-electron chi connectivity index (χ2n) is 6.29. The van der Waals surface area contributed by atoms with Gasteiger partial charge in [0.05, 0.1) is 6.42 Å². The van der Waals surface area contributed by atoms with Crippen LogP contribution in [0.15, 0.2) is 42.5 Å². The number of benzene rings is 2. The number of carbonyl (C=O) groups excluding carboxylic acids is 1. The van der Waals surface area contributed by atoms with E-state index in [4.69, 9.17) is 23.2 Å². The average molecular weight is 336 g/mol. The number of hydrogen-bond acceptors (Lipinski definition) is 1. The molecule has 0 saturated carbocycles. The minimum absolute atomic E-state index is 0.0966. The molecule has 0 aromatic heterocycles. The molecule has 1 N–H and O–H groups in total. The molecule has 0 unspecified atom stereocenters.